The van der Waals surface area contributed by atoms with Crippen molar-refractivity contribution in [3.05, 3.63) is 45.5 Å². The number of carbonyl (C=O) groups excluding carboxylic acids is 1. The van der Waals surface area contributed by atoms with Crippen LogP contribution in [0, 0.1) is 3.57 Å². The lowest BCUT2D eigenvalue weighted by atomic mass is 10.2. The predicted octanol–water partition coefficient (Wildman–Crippen LogP) is 2.11. The third kappa shape index (κ3) is 3.61. The van der Waals surface area contributed by atoms with Gasteiger partial charge >= 0.3 is 0 Å². The summed E-state index contributed by atoms with van der Waals surface area (Å²) in [6, 6.07) is 11.7. The SMILES string of the molecule is CN(C)c1ccc(N2CCN(C(=O)c3ccccc3I)CC2)nn1. The van der Waals surface area contributed by atoms with E-state index in [1.54, 1.807) is 0 Å². The molecule has 1 amide bonds. The number of halogens is 1. The summed E-state index contributed by atoms with van der Waals surface area (Å²) >= 11 is 2.21. The first kappa shape index (κ1) is 16.9. The van der Waals surface area contributed by atoms with Crippen LogP contribution in [0.1, 0.15) is 10.4 Å². The summed E-state index contributed by atoms with van der Waals surface area (Å²) in [6.45, 7) is 2.93. The van der Waals surface area contributed by atoms with Gasteiger partial charge in [-0.25, -0.2) is 0 Å². The topological polar surface area (TPSA) is 52.6 Å². The van der Waals surface area contributed by atoms with Gasteiger partial charge in [-0.05, 0) is 46.9 Å². The maximum atomic E-state index is 12.7. The minimum atomic E-state index is 0.105. The number of aromatic nitrogens is 2. The van der Waals surface area contributed by atoms with E-state index in [0.29, 0.717) is 13.1 Å². The van der Waals surface area contributed by atoms with Gasteiger partial charge in [0.1, 0.15) is 0 Å². The summed E-state index contributed by atoms with van der Waals surface area (Å²) in [7, 11) is 3.89. The average Bonchev–Trinajstić information content (AvgIpc) is 2.62. The summed E-state index contributed by atoms with van der Waals surface area (Å²) < 4.78 is 0.993. The first-order valence-electron chi connectivity index (χ1n) is 7.86. The Kier molecular flexibility index (Phi) is 5.17. The Bertz CT molecular complexity index is 711. The van der Waals surface area contributed by atoms with Crippen molar-refractivity contribution in [2.45, 2.75) is 0 Å². The summed E-state index contributed by atoms with van der Waals surface area (Å²) in [5.41, 5.74) is 0.779. The minimum Gasteiger partial charge on any atom is -0.361 e. The van der Waals surface area contributed by atoms with Crippen molar-refractivity contribution in [2.24, 2.45) is 0 Å². The Morgan fingerprint density at radius 1 is 1.04 bits per heavy atom. The lowest BCUT2D eigenvalue weighted by Crippen LogP contribution is -2.49. The molecule has 7 heteroatoms. The van der Waals surface area contributed by atoms with Crippen LogP contribution in [0.15, 0.2) is 36.4 Å². The van der Waals surface area contributed by atoms with Crippen molar-refractivity contribution in [1.82, 2.24) is 15.1 Å². The summed E-state index contributed by atoms with van der Waals surface area (Å²) in [5, 5.41) is 8.51. The number of hydrogen-bond acceptors (Lipinski definition) is 5. The Hall–Kier alpha value is -1.90. The second kappa shape index (κ2) is 7.33. The molecule has 1 saturated heterocycles. The van der Waals surface area contributed by atoms with Crippen molar-refractivity contribution in [1.29, 1.82) is 0 Å². The molecule has 0 unspecified atom stereocenters. The van der Waals surface area contributed by atoms with Crippen LogP contribution < -0.4 is 9.80 Å². The van der Waals surface area contributed by atoms with Crippen LogP contribution in [0.4, 0.5) is 11.6 Å². The van der Waals surface area contributed by atoms with Gasteiger partial charge in [0, 0.05) is 43.8 Å². The van der Waals surface area contributed by atoms with Gasteiger partial charge in [-0.1, -0.05) is 12.1 Å². The first-order valence-corrected chi connectivity index (χ1v) is 8.94. The molecule has 0 saturated carbocycles. The monoisotopic (exact) mass is 437 g/mol. The molecule has 0 radical (unpaired) electrons. The second-order valence-corrected chi connectivity index (χ2v) is 7.07. The Balaban J connectivity index is 1.63. The average molecular weight is 437 g/mol. The van der Waals surface area contributed by atoms with Crippen LogP contribution in [0.2, 0.25) is 0 Å². The van der Waals surface area contributed by atoms with E-state index in [1.165, 1.54) is 0 Å². The lowest BCUT2D eigenvalue weighted by Gasteiger charge is -2.35. The fraction of sp³-hybridized carbons (Fsp3) is 0.353. The predicted molar refractivity (Wildman–Crippen MR) is 104 cm³/mol. The molecule has 2 heterocycles. The Morgan fingerprint density at radius 3 is 2.33 bits per heavy atom. The number of anilines is 2. The van der Waals surface area contributed by atoms with Gasteiger partial charge in [0.05, 0.1) is 5.56 Å². The molecule has 24 heavy (non-hydrogen) atoms. The highest BCUT2D eigenvalue weighted by molar-refractivity contribution is 14.1. The third-order valence-electron chi connectivity index (χ3n) is 4.09. The normalized spacial score (nSPS) is 14.6. The van der Waals surface area contributed by atoms with Gasteiger partial charge in [-0.3, -0.25) is 4.79 Å². The maximum Gasteiger partial charge on any atom is 0.255 e. The molecule has 0 N–H and O–H groups in total. The van der Waals surface area contributed by atoms with Crippen molar-refractivity contribution in [2.75, 3.05) is 50.1 Å². The summed E-state index contributed by atoms with van der Waals surface area (Å²) in [5.74, 6) is 1.81. The maximum absolute atomic E-state index is 12.7. The summed E-state index contributed by atoms with van der Waals surface area (Å²) in [4.78, 5) is 18.7. The van der Waals surface area contributed by atoms with E-state index in [1.807, 2.05) is 60.3 Å². The van der Waals surface area contributed by atoms with Crippen LogP contribution in [0.5, 0.6) is 0 Å². The quantitative estimate of drug-likeness (QED) is 0.689. The zero-order valence-corrected chi connectivity index (χ0v) is 16.0. The second-order valence-electron chi connectivity index (χ2n) is 5.90. The summed E-state index contributed by atoms with van der Waals surface area (Å²) in [6.07, 6.45) is 0. The Morgan fingerprint density at radius 2 is 1.75 bits per heavy atom. The molecular weight excluding hydrogens is 417 g/mol. The number of nitrogens with zero attached hydrogens (tertiary/aromatic N) is 5. The highest BCUT2D eigenvalue weighted by Crippen LogP contribution is 2.18. The van der Waals surface area contributed by atoms with Gasteiger partial charge in [0.2, 0.25) is 0 Å². The lowest BCUT2D eigenvalue weighted by molar-refractivity contribution is 0.0745. The number of hydrogen-bond donors (Lipinski definition) is 0. The van der Waals surface area contributed by atoms with E-state index < -0.39 is 0 Å². The zero-order chi connectivity index (χ0) is 17.1. The molecule has 1 aromatic carbocycles. The van der Waals surface area contributed by atoms with Crippen molar-refractivity contribution in [3.63, 3.8) is 0 Å². The van der Waals surface area contributed by atoms with Crippen LogP contribution in [-0.4, -0.2) is 61.3 Å². The number of carbonyl (C=O) groups is 1. The smallest absolute Gasteiger partial charge is 0.255 e. The highest BCUT2D eigenvalue weighted by Gasteiger charge is 2.24. The van der Waals surface area contributed by atoms with E-state index in [0.717, 1.165) is 33.9 Å². The van der Waals surface area contributed by atoms with Gasteiger partial charge in [0.25, 0.3) is 5.91 Å². The van der Waals surface area contributed by atoms with Crippen LogP contribution in [-0.2, 0) is 0 Å². The van der Waals surface area contributed by atoms with Gasteiger partial charge in [-0.15, -0.1) is 10.2 Å². The van der Waals surface area contributed by atoms with Crippen LogP contribution in [0.3, 0.4) is 0 Å². The van der Waals surface area contributed by atoms with Crippen LogP contribution in [0.25, 0.3) is 0 Å². The molecule has 1 aliphatic rings. The van der Waals surface area contributed by atoms with Crippen LogP contribution >= 0.6 is 22.6 Å². The van der Waals surface area contributed by atoms with E-state index in [-0.39, 0.29) is 5.91 Å². The molecule has 0 spiro atoms. The fourth-order valence-corrected chi connectivity index (χ4v) is 3.29. The highest BCUT2D eigenvalue weighted by atomic mass is 127. The number of rotatable bonds is 3. The van der Waals surface area contributed by atoms with E-state index in [2.05, 4.69) is 37.7 Å². The molecule has 6 nitrogen and oxygen atoms in total. The van der Waals surface area contributed by atoms with Crippen molar-refractivity contribution >= 4 is 40.1 Å². The minimum absolute atomic E-state index is 0.105. The van der Waals surface area contributed by atoms with E-state index in [4.69, 9.17) is 0 Å². The largest absolute Gasteiger partial charge is 0.361 e. The molecule has 0 aliphatic carbocycles. The molecule has 3 rings (SSSR count). The standard InChI is InChI=1S/C17H20IN5O/c1-21(2)15-7-8-16(20-19-15)22-9-11-23(12-10-22)17(24)13-5-3-4-6-14(13)18/h3-8H,9-12H2,1-2H3. The van der Waals surface area contributed by atoms with Crippen molar-refractivity contribution in [3.8, 4) is 0 Å². The molecule has 1 aliphatic heterocycles. The molecule has 1 aromatic heterocycles. The van der Waals surface area contributed by atoms with Gasteiger partial charge in [-0.2, -0.15) is 0 Å². The van der Waals surface area contributed by atoms with Crippen molar-refractivity contribution < 1.29 is 4.79 Å². The van der Waals surface area contributed by atoms with E-state index in [9.17, 15) is 4.79 Å². The van der Waals surface area contributed by atoms with Gasteiger partial charge < -0.3 is 14.7 Å². The Labute approximate surface area is 155 Å². The fourth-order valence-electron chi connectivity index (χ4n) is 2.67. The number of amides is 1. The molecule has 0 bridgehead atoms. The number of benzene rings is 1. The first-order chi connectivity index (χ1) is 11.6. The molecule has 0 atom stereocenters. The number of piperazine rings is 1. The molecule has 1 fully saturated rings. The molecular formula is C17H20IN5O. The van der Waals surface area contributed by atoms with Gasteiger partial charge in [0.15, 0.2) is 11.6 Å². The molecule has 126 valence electrons. The zero-order valence-electron chi connectivity index (χ0n) is 13.8. The molecule has 2 aromatic rings. The third-order valence-corrected chi connectivity index (χ3v) is 5.03. The van der Waals surface area contributed by atoms with E-state index >= 15 is 0 Å².